The smallest absolute Gasteiger partial charge is 0.124 e. The second-order valence-corrected chi connectivity index (χ2v) is 6.08. The molecule has 2 atom stereocenters. The molecule has 1 rings (SSSR count). The lowest BCUT2D eigenvalue weighted by Gasteiger charge is -2.19. The minimum atomic E-state index is 0.305. The third-order valence-corrected chi connectivity index (χ3v) is 3.75. The molecular formula is C16H26BrNO. The van der Waals surface area contributed by atoms with Gasteiger partial charge in [-0.05, 0) is 44.0 Å². The number of hydrogen-bond acceptors (Lipinski definition) is 2. The van der Waals surface area contributed by atoms with E-state index in [0.717, 1.165) is 23.4 Å². The monoisotopic (exact) mass is 327 g/mol. The van der Waals surface area contributed by atoms with Crippen molar-refractivity contribution in [1.29, 1.82) is 0 Å². The van der Waals surface area contributed by atoms with Gasteiger partial charge in [0, 0.05) is 16.1 Å². The van der Waals surface area contributed by atoms with E-state index in [1.54, 1.807) is 0 Å². The first kappa shape index (κ1) is 16.5. The van der Waals surface area contributed by atoms with Crippen LogP contribution in [0.5, 0.6) is 5.75 Å². The van der Waals surface area contributed by atoms with Crippen molar-refractivity contribution in [2.24, 2.45) is 5.92 Å². The Morgan fingerprint density at radius 2 is 2.00 bits per heavy atom. The molecule has 108 valence electrons. The van der Waals surface area contributed by atoms with Gasteiger partial charge in [-0.2, -0.15) is 0 Å². The fourth-order valence-corrected chi connectivity index (χ4v) is 2.59. The Kier molecular flexibility index (Phi) is 7.47. The summed E-state index contributed by atoms with van der Waals surface area (Å²) in [5.41, 5.74) is 1.22. The van der Waals surface area contributed by atoms with Gasteiger partial charge in [0.1, 0.15) is 5.75 Å². The van der Waals surface area contributed by atoms with E-state index in [2.05, 4.69) is 61.1 Å². The number of nitrogens with one attached hydrogen (secondary N) is 1. The van der Waals surface area contributed by atoms with E-state index in [9.17, 15) is 0 Å². The molecule has 0 amide bonds. The summed E-state index contributed by atoms with van der Waals surface area (Å²) in [4.78, 5) is 0. The van der Waals surface area contributed by atoms with Gasteiger partial charge in [-0.25, -0.2) is 0 Å². The van der Waals surface area contributed by atoms with Crippen molar-refractivity contribution in [3.63, 3.8) is 0 Å². The van der Waals surface area contributed by atoms with E-state index >= 15 is 0 Å². The molecule has 0 fully saturated rings. The zero-order valence-electron chi connectivity index (χ0n) is 12.5. The highest BCUT2D eigenvalue weighted by atomic mass is 79.9. The Morgan fingerprint density at radius 1 is 1.26 bits per heavy atom. The van der Waals surface area contributed by atoms with Gasteiger partial charge in [-0.1, -0.05) is 43.1 Å². The fraction of sp³-hybridized carbons (Fsp3) is 0.625. The molecule has 2 nitrogen and oxygen atoms in total. The van der Waals surface area contributed by atoms with Gasteiger partial charge in [-0.15, -0.1) is 0 Å². The van der Waals surface area contributed by atoms with Crippen LogP contribution in [0.25, 0.3) is 0 Å². The van der Waals surface area contributed by atoms with Crippen LogP contribution >= 0.6 is 15.9 Å². The standard InChI is InChI=1S/C16H26BrNO/c1-5-7-12(3)11-19-16-9-8-14(17)10-15(16)13(4)18-6-2/h8-10,12-13,18H,5-7,11H2,1-4H3. The largest absolute Gasteiger partial charge is 0.493 e. The first-order valence-electron chi connectivity index (χ1n) is 7.24. The molecule has 0 saturated heterocycles. The van der Waals surface area contributed by atoms with E-state index < -0.39 is 0 Å². The zero-order valence-corrected chi connectivity index (χ0v) is 14.1. The molecule has 0 aliphatic heterocycles. The van der Waals surface area contributed by atoms with Crippen molar-refractivity contribution >= 4 is 15.9 Å². The predicted octanol–water partition coefficient (Wildman–Crippen LogP) is 4.93. The topological polar surface area (TPSA) is 21.3 Å². The fourth-order valence-electron chi connectivity index (χ4n) is 2.21. The molecular weight excluding hydrogens is 302 g/mol. The minimum absolute atomic E-state index is 0.305. The van der Waals surface area contributed by atoms with Crippen LogP contribution in [0, 0.1) is 5.92 Å². The SMILES string of the molecule is CCCC(C)COc1ccc(Br)cc1C(C)NCC. The number of rotatable bonds is 8. The molecule has 0 aromatic heterocycles. The Morgan fingerprint density at radius 3 is 2.63 bits per heavy atom. The Labute approximate surface area is 126 Å². The summed E-state index contributed by atoms with van der Waals surface area (Å²) in [6, 6.07) is 6.56. The molecule has 1 N–H and O–H groups in total. The number of benzene rings is 1. The zero-order chi connectivity index (χ0) is 14.3. The summed E-state index contributed by atoms with van der Waals surface area (Å²) >= 11 is 3.54. The van der Waals surface area contributed by atoms with E-state index in [1.165, 1.54) is 18.4 Å². The van der Waals surface area contributed by atoms with Gasteiger partial charge in [-0.3, -0.25) is 0 Å². The lowest BCUT2D eigenvalue weighted by atomic mass is 10.1. The lowest BCUT2D eigenvalue weighted by molar-refractivity contribution is 0.247. The summed E-state index contributed by atoms with van der Waals surface area (Å²) < 4.78 is 7.11. The first-order valence-corrected chi connectivity index (χ1v) is 8.03. The van der Waals surface area contributed by atoms with Crippen molar-refractivity contribution in [2.45, 2.75) is 46.6 Å². The predicted molar refractivity (Wildman–Crippen MR) is 85.8 cm³/mol. The second kappa shape index (κ2) is 8.60. The van der Waals surface area contributed by atoms with E-state index in [-0.39, 0.29) is 0 Å². The van der Waals surface area contributed by atoms with Crippen molar-refractivity contribution in [3.8, 4) is 5.75 Å². The van der Waals surface area contributed by atoms with Crippen LogP contribution in [-0.4, -0.2) is 13.2 Å². The molecule has 1 aromatic rings. The molecule has 19 heavy (non-hydrogen) atoms. The molecule has 3 heteroatoms. The lowest BCUT2D eigenvalue weighted by Crippen LogP contribution is -2.19. The molecule has 0 saturated carbocycles. The maximum Gasteiger partial charge on any atom is 0.124 e. The number of ether oxygens (including phenoxy) is 1. The third-order valence-electron chi connectivity index (χ3n) is 3.25. The van der Waals surface area contributed by atoms with Gasteiger partial charge in [0.05, 0.1) is 6.61 Å². The van der Waals surface area contributed by atoms with Crippen LogP contribution in [0.4, 0.5) is 0 Å². The normalized spacial score (nSPS) is 14.2. The minimum Gasteiger partial charge on any atom is -0.493 e. The average molecular weight is 328 g/mol. The van der Waals surface area contributed by atoms with E-state index in [0.29, 0.717) is 12.0 Å². The van der Waals surface area contributed by atoms with Crippen LogP contribution in [-0.2, 0) is 0 Å². The number of halogens is 1. The molecule has 0 radical (unpaired) electrons. The van der Waals surface area contributed by atoms with Crippen molar-refractivity contribution in [3.05, 3.63) is 28.2 Å². The van der Waals surface area contributed by atoms with Crippen LogP contribution in [0.1, 0.15) is 52.1 Å². The van der Waals surface area contributed by atoms with Gasteiger partial charge in [0.15, 0.2) is 0 Å². The van der Waals surface area contributed by atoms with Crippen LogP contribution in [0.15, 0.2) is 22.7 Å². The highest BCUT2D eigenvalue weighted by molar-refractivity contribution is 9.10. The molecule has 1 aromatic carbocycles. The van der Waals surface area contributed by atoms with E-state index in [4.69, 9.17) is 4.74 Å². The number of hydrogen-bond donors (Lipinski definition) is 1. The van der Waals surface area contributed by atoms with Crippen molar-refractivity contribution in [2.75, 3.05) is 13.2 Å². The Balaban J connectivity index is 2.76. The summed E-state index contributed by atoms with van der Waals surface area (Å²) in [5, 5.41) is 3.44. The summed E-state index contributed by atoms with van der Waals surface area (Å²) in [7, 11) is 0. The summed E-state index contributed by atoms with van der Waals surface area (Å²) in [6.45, 7) is 10.5. The van der Waals surface area contributed by atoms with Crippen LogP contribution in [0.3, 0.4) is 0 Å². The van der Waals surface area contributed by atoms with E-state index in [1.807, 2.05) is 6.07 Å². The highest BCUT2D eigenvalue weighted by Gasteiger charge is 2.12. The summed E-state index contributed by atoms with van der Waals surface area (Å²) in [6.07, 6.45) is 2.43. The average Bonchev–Trinajstić information content (AvgIpc) is 2.38. The van der Waals surface area contributed by atoms with Crippen LogP contribution in [0.2, 0.25) is 0 Å². The van der Waals surface area contributed by atoms with Crippen LogP contribution < -0.4 is 10.1 Å². The van der Waals surface area contributed by atoms with Crippen molar-refractivity contribution < 1.29 is 4.74 Å². The Hall–Kier alpha value is -0.540. The molecule has 0 spiro atoms. The molecule has 0 bridgehead atoms. The quantitative estimate of drug-likeness (QED) is 0.730. The second-order valence-electron chi connectivity index (χ2n) is 5.17. The molecule has 0 aliphatic rings. The highest BCUT2D eigenvalue weighted by Crippen LogP contribution is 2.29. The molecule has 0 aliphatic carbocycles. The van der Waals surface area contributed by atoms with Gasteiger partial charge < -0.3 is 10.1 Å². The maximum atomic E-state index is 6.01. The van der Waals surface area contributed by atoms with Gasteiger partial charge in [0.25, 0.3) is 0 Å². The first-order chi connectivity index (χ1) is 9.08. The Bertz CT molecular complexity index is 381. The third kappa shape index (κ3) is 5.53. The van der Waals surface area contributed by atoms with Crippen molar-refractivity contribution in [1.82, 2.24) is 5.32 Å². The molecule has 0 heterocycles. The maximum absolute atomic E-state index is 6.01. The van der Waals surface area contributed by atoms with Gasteiger partial charge in [0.2, 0.25) is 0 Å². The van der Waals surface area contributed by atoms with Gasteiger partial charge >= 0.3 is 0 Å². The summed E-state index contributed by atoms with van der Waals surface area (Å²) in [5.74, 6) is 1.61. The molecule has 2 unspecified atom stereocenters.